The Morgan fingerprint density at radius 2 is 2.10 bits per heavy atom. The number of carboxylic acids is 1. The van der Waals surface area contributed by atoms with E-state index in [0.717, 1.165) is 12.1 Å². The third-order valence-corrected chi connectivity index (χ3v) is 4.48. The third kappa shape index (κ3) is 4.31. The van der Waals surface area contributed by atoms with E-state index in [1.165, 1.54) is 7.11 Å². The molecule has 1 aromatic carbocycles. The number of sulfonamides is 1. The molecule has 0 aliphatic rings. The highest BCUT2D eigenvalue weighted by Crippen LogP contribution is 2.32. The van der Waals surface area contributed by atoms with Gasteiger partial charge in [-0.15, -0.1) is 0 Å². The van der Waals surface area contributed by atoms with Gasteiger partial charge in [-0.3, -0.25) is 0 Å². The van der Waals surface area contributed by atoms with Crippen molar-refractivity contribution in [3.8, 4) is 5.75 Å². The number of aliphatic hydroxyl groups is 1. The van der Waals surface area contributed by atoms with Crippen LogP contribution in [0.4, 0.5) is 0 Å². The van der Waals surface area contributed by atoms with Gasteiger partial charge in [0.25, 0.3) is 0 Å². The summed E-state index contributed by atoms with van der Waals surface area (Å²) in [6.45, 7) is 1.39. The molecule has 0 radical (unpaired) electrons. The summed E-state index contributed by atoms with van der Waals surface area (Å²) in [6, 6.07) is 1.69. The molecule has 0 fully saturated rings. The van der Waals surface area contributed by atoms with Gasteiger partial charge in [-0.2, -0.15) is 0 Å². The van der Waals surface area contributed by atoms with Crippen LogP contribution in [0.25, 0.3) is 0 Å². The Morgan fingerprint density at radius 3 is 2.57 bits per heavy atom. The van der Waals surface area contributed by atoms with Crippen LogP contribution in [0, 0.1) is 0 Å². The Kier molecular flexibility index (Phi) is 5.97. The number of carboxylic acid groups (broad SMARTS) is 1. The Bertz CT molecular complexity index is 631. The van der Waals surface area contributed by atoms with Crippen LogP contribution in [0.3, 0.4) is 0 Å². The second-order valence-corrected chi connectivity index (χ2v) is 6.44. The first kappa shape index (κ1) is 17.7. The van der Waals surface area contributed by atoms with Gasteiger partial charge < -0.3 is 14.9 Å². The molecule has 1 atom stereocenters. The van der Waals surface area contributed by atoms with Gasteiger partial charge in [-0.05, 0) is 25.5 Å². The number of aromatic carboxylic acids is 1. The lowest BCUT2D eigenvalue weighted by Crippen LogP contribution is -2.33. The number of rotatable bonds is 7. The number of benzene rings is 1. The molecule has 1 rings (SSSR count). The van der Waals surface area contributed by atoms with E-state index in [1.807, 2.05) is 0 Å². The molecule has 0 aliphatic heterocycles. The van der Waals surface area contributed by atoms with Gasteiger partial charge in [0.15, 0.2) is 5.75 Å². The second kappa shape index (κ2) is 7.08. The van der Waals surface area contributed by atoms with E-state index in [1.54, 1.807) is 6.92 Å². The first-order chi connectivity index (χ1) is 9.72. The fourth-order valence-electron chi connectivity index (χ4n) is 1.72. The molecule has 118 valence electrons. The number of hydrogen-bond acceptors (Lipinski definition) is 5. The van der Waals surface area contributed by atoms with Crippen molar-refractivity contribution in [2.75, 3.05) is 13.7 Å². The summed E-state index contributed by atoms with van der Waals surface area (Å²) in [4.78, 5) is 10.8. The van der Waals surface area contributed by atoms with Crippen molar-refractivity contribution in [1.29, 1.82) is 0 Å². The van der Waals surface area contributed by atoms with Crippen LogP contribution in [0.1, 0.15) is 23.7 Å². The van der Waals surface area contributed by atoms with Crippen LogP contribution in [-0.4, -0.2) is 44.4 Å². The van der Waals surface area contributed by atoms with Crippen molar-refractivity contribution >= 4 is 27.6 Å². The Labute approximate surface area is 127 Å². The first-order valence-corrected chi connectivity index (χ1v) is 7.83. The Hall–Kier alpha value is -1.35. The van der Waals surface area contributed by atoms with Crippen molar-refractivity contribution in [3.05, 3.63) is 22.7 Å². The molecule has 0 spiro atoms. The zero-order valence-electron chi connectivity index (χ0n) is 11.5. The maximum absolute atomic E-state index is 12.3. The summed E-state index contributed by atoms with van der Waals surface area (Å²) in [5.74, 6) is -1.65. The number of halogens is 1. The SMILES string of the molecule is COc1c(C(=O)O)cc(Cl)cc1S(=O)(=O)NC(C)CCO. The van der Waals surface area contributed by atoms with Crippen LogP contribution >= 0.6 is 11.6 Å². The largest absolute Gasteiger partial charge is 0.494 e. The van der Waals surface area contributed by atoms with E-state index >= 15 is 0 Å². The maximum atomic E-state index is 12.3. The molecule has 7 nitrogen and oxygen atoms in total. The third-order valence-electron chi connectivity index (χ3n) is 2.66. The molecule has 0 heterocycles. The Morgan fingerprint density at radius 1 is 1.48 bits per heavy atom. The second-order valence-electron chi connectivity index (χ2n) is 4.32. The van der Waals surface area contributed by atoms with E-state index < -0.39 is 22.0 Å². The zero-order chi connectivity index (χ0) is 16.2. The van der Waals surface area contributed by atoms with Crippen LogP contribution in [0.15, 0.2) is 17.0 Å². The van der Waals surface area contributed by atoms with Gasteiger partial charge in [-0.1, -0.05) is 11.6 Å². The quantitative estimate of drug-likeness (QED) is 0.686. The van der Waals surface area contributed by atoms with Crippen molar-refractivity contribution in [2.24, 2.45) is 0 Å². The summed E-state index contributed by atoms with van der Waals surface area (Å²) in [5.41, 5.74) is -0.347. The average molecular weight is 338 g/mol. The number of nitrogens with one attached hydrogen (secondary N) is 1. The van der Waals surface area contributed by atoms with Crippen molar-refractivity contribution < 1.29 is 28.2 Å². The average Bonchev–Trinajstić information content (AvgIpc) is 2.37. The number of ether oxygens (including phenoxy) is 1. The van der Waals surface area contributed by atoms with E-state index in [9.17, 15) is 13.2 Å². The molecule has 0 bridgehead atoms. The van der Waals surface area contributed by atoms with Crippen molar-refractivity contribution in [1.82, 2.24) is 4.72 Å². The molecule has 0 saturated heterocycles. The van der Waals surface area contributed by atoms with E-state index in [2.05, 4.69) is 4.72 Å². The van der Waals surface area contributed by atoms with Gasteiger partial charge in [0.05, 0.1) is 7.11 Å². The summed E-state index contributed by atoms with van der Waals surface area (Å²) < 4.78 is 31.8. The summed E-state index contributed by atoms with van der Waals surface area (Å²) in [7, 11) is -2.86. The van der Waals surface area contributed by atoms with E-state index in [-0.39, 0.29) is 34.3 Å². The van der Waals surface area contributed by atoms with Gasteiger partial charge in [0.1, 0.15) is 10.5 Å². The molecule has 1 unspecified atom stereocenters. The van der Waals surface area contributed by atoms with Crippen LogP contribution < -0.4 is 9.46 Å². The minimum Gasteiger partial charge on any atom is -0.494 e. The fourth-order valence-corrected chi connectivity index (χ4v) is 3.50. The smallest absolute Gasteiger partial charge is 0.339 e. The van der Waals surface area contributed by atoms with Crippen molar-refractivity contribution in [2.45, 2.75) is 24.3 Å². The maximum Gasteiger partial charge on any atom is 0.339 e. The standard InChI is InChI=1S/C12H16ClNO6S/c1-7(3-4-15)14-21(18,19)10-6-8(13)5-9(12(16)17)11(10)20-2/h5-7,14-15H,3-4H2,1-2H3,(H,16,17). The summed E-state index contributed by atoms with van der Waals surface area (Å²) >= 11 is 5.78. The highest BCUT2D eigenvalue weighted by Gasteiger charge is 2.26. The molecular formula is C12H16ClNO6S. The molecule has 9 heteroatoms. The van der Waals surface area contributed by atoms with Crippen LogP contribution in [0.5, 0.6) is 5.75 Å². The summed E-state index contributed by atoms with van der Waals surface area (Å²) in [6.07, 6.45) is 0.216. The lowest BCUT2D eigenvalue weighted by Gasteiger charge is -2.16. The normalized spacial score (nSPS) is 13.0. The van der Waals surface area contributed by atoms with Gasteiger partial charge in [0, 0.05) is 17.7 Å². The molecular weight excluding hydrogens is 322 g/mol. The lowest BCUT2D eigenvalue weighted by atomic mass is 10.2. The Balaban J connectivity index is 3.38. The number of aliphatic hydroxyl groups excluding tert-OH is 1. The lowest BCUT2D eigenvalue weighted by molar-refractivity contribution is 0.0693. The predicted octanol–water partition coefficient (Wildman–Crippen LogP) is 1.10. The van der Waals surface area contributed by atoms with Gasteiger partial charge in [0.2, 0.25) is 10.0 Å². The molecule has 0 amide bonds. The molecule has 1 aromatic rings. The van der Waals surface area contributed by atoms with Crippen LogP contribution in [0.2, 0.25) is 5.02 Å². The van der Waals surface area contributed by atoms with Gasteiger partial charge >= 0.3 is 5.97 Å². The molecule has 0 saturated carbocycles. The minimum absolute atomic E-state index is 0.0385. The topological polar surface area (TPSA) is 113 Å². The monoisotopic (exact) mass is 337 g/mol. The fraction of sp³-hybridized carbons (Fsp3) is 0.417. The van der Waals surface area contributed by atoms with E-state index in [0.29, 0.717) is 0 Å². The molecule has 3 N–H and O–H groups in total. The summed E-state index contributed by atoms with van der Waals surface area (Å²) in [5, 5.41) is 17.9. The zero-order valence-corrected chi connectivity index (χ0v) is 13.0. The number of hydrogen-bond donors (Lipinski definition) is 3. The predicted molar refractivity (Wildman–Crippen MR) is 76.4 cm³/mol. The van der Waals surface area contributed by atoms with Crippen LogP contribution in [-0.2, 0) is 10.0 Å². The highest BCUT2D eigenvalue weighted by molar-refractivity contribution is 7.89. The van der Waals surface area contributed by atoms with Gasteiger partial charge in [-0.25, -0.2) is 17.9 Å². The number of methoxy groups -OCH3 is 1. The highest BCUT2D eigenvalue weighted by atomic mass is 35.5. The molecule has 0 aromatic heterocycles. The molecule has 0 aliphatic carbocycles. The first-order valence-electron chi connectivity index (χ1n) is 5.97. The van der Waals surface area contributed by atoms with E-state index in [4.69, 9.17) is 26.6 Å². The minimum atomic E-state index is -4.04. The number of carbonyl (C=O) groups is 1. The van der Waals surface area contributed by atoms with Crippen molar-refractivity contribution in [3.63, 3.8) is 0 Å². The molecule has 21 heavy (non-hydrogen) atoms.